The molecule has 9 nitrogen and oxygen atoms in total. The van der Waals surface area contributed by atoms with Gasteiger partial charge in [0.15, 0.2) is 11.5 Å². The summed E-state index contributed by atoms with van der Waals surface area (Å²) in [7, 11) is -4.95. The average Bonchev–Trinajstić information content (AvgIpc) is 3.36. The Morgan fingerprint density at radius 3 is 2.25 bits per heavy atom. The highest BCUT2D eigenvalue weighted by atomic mass is 32.3. The van der Waals surface area contributed by atoms with Crippen LogP contribution in [0.4, 0.5) is 19.0 Å². The van der Waals surface area contributed by atoms with Crippen LogP contribution < -0.4 is 5.73 Å². The van der Waals surface area contributed by atoms with Crippen molar-refractivity contribution in [2.24, 2.45) is 0 Å². The van der Waals surface area contributed by atoms with Crippen LogP contribution in [-0.4, -0.2) is 85.2 Å². The zero-order valence-corrected chi connectivity index (χ0v) is 29.1. The molecule has 2 aromatic rings. The molecule has 2 aromatic heterocycles. The van der Waals surface area contributed by atoms with Gasteiger partial charge in [-0.25, -0.2) is 25.0 Å². The summed E-state index contributed by atoms with van der Waals surface area (Å²) in [6.07, 6.45) is 14.3. The highest BCUT2D eigenvalue weighted by Gasteiger charge is 2.29. The summed E-state index contributed by atoms with van der Waals surface area (Å²) in [4.78, 5) is 22.4. The molecule has 0 saturated carbocycles. The Kier molecular flexibility index (Phi) is 18.0. The zero-order chi connectivity index (χ0) is 32.5. The average molecular weight is 688 g/mol. The van der Waals surface area contributed by atoms with E-state index in [-0.39, 0.29) is 19.1 Å². The highest BCUT2D eigenvalue weighted by Crippen LogP contribution is 2.44. The molecule has 256 valence electrons. The molecule has 0 radical (unpaired) electrons. The molecule has 15 heteroatoms. The molecule has 0 aromatic carbocycles. The Morgan fingerprint density at radius 2 is 1.59 bits per heavy atom. The van der Waals surface area contributed by atoms with Gasteiger partial charge in [0.1, 0.15) is 18.2 Å². The van der Waals surface area contributed by atoms with Gasteiger partial charge in [-0.2, -0.15) is 24.9 Å². The maximum atomic E-state index is 12.4. The van der Waals surface area contributed by atoms with Crippen molar-refractivity contribution in [3.63, 3.8) is 0 Å². The fourth-order valence-corrected chi connectivity index (χ4v) is 8.54. The SMILES string of the molecule is C[C@H](Cn1cnc2c(N)ncnc21)OCP(=O)(O)OCCCSCCCCCCCCCCCCS(C)(C)CCC(F)(F)F. The molecule has 3 N–H and O–H groups in total. The summed E-state index contributed by atoms with van der Waals surface area (Å²) in [6, 6.07) is 0. The number of hydrogen-bond donors (Lipinski definition) is 2. The second kappa shape index (κ2) is 20.2. The lowest BCUT2D eigenvalue weighted by atomic mass is 10.1. The first-order valence-electron chi connectivity index (χ1n) is 15.6. The zero-order valence-electron chi connectivity index (χ0n) is 26.6. The van der Waals surface area contributed by atoms with E-state index < -0.39 is 30.2 Å². The van der Waals surface area contributed by atoms with Crippen LogP contribution in [0.2, 0.25) is 0 Å². The van der Waals surface area contributed by atoms with E-state index in [2.05, 4.69) is 15.0 Å². The number of imidazole rings is 1. The number of nitrogens with two attached hydrogens (primary N) is 1. The summed E-state index contributed by atoms with van der Waals surface area (Å²) >= 11 is 1.85. The van der Waals surface area contributed by atoms with Crippen molar-refractivity contribution in [3.05, 3.63) is 12.7 Å². The molecule has 1 unspecified atom stereocenters. The van der Waals surface area contributed by atoms with Crippen LogP contribution in [0, 0.1) is 0 Å². The lowest BCUT2D eigenvalue weighted by Gasteiger charge is -2.31. The standard InChI is InChI=1S/C29H53F3N5O4PS2/c1-25(21-37-23-36-26-27(33)34-22-35-28(26)37)40-24-42(38,39)41-16-14-18-43-17-12-10-8-6-4-5-7-9-11-13-19-44(2,3)20-15-29(30,31)32/h22-23,25H,4-21,24H2,1-3H3,(H,38,39)(H2,33,34,35)/t25-/m1/s1. The fraction of sp³-hybridized carbons (Fsp3) is 0.828. The van der Waals surface area contributed by atoms with Crippen LogP contribution in [0.5, 0.6) is 0 Å². The van der Waals surface area contributed by atoms with Gasteiger partial charge in [0.2, 0.25) is 0 Å². The van der Waals surface area contributed by atoms with Gasteiger partial charge in [0.05, 0.1) is 32.0 Å². The number of anilines is 1. The van der Waals surface area contributed by atoms with Crippen molar-refractivity contribution >= 4 is 46.4 Å². The quantitative estimate of drug-likeness (QED) is 0.0789. The van der Waals surface area contributed by atoms with E-state index in [1.807, 2.05) is 24.3 Å². The maximum Gasteiger partial charge on any atom is 0.389 e. The number of nitrogen functional groups attached to an aromatic ring is 1. The Labute approximate surface area is 266 Å². The number of rotatable bonds is 25. The third-order valence-corrected chi connectivity index (χ3v) is 12.2. The van der Waals surface area contributed by atoms with E-state index in [1.54, 1.807) is 17.8 Å². The lowest BCUT2D eigenvalue weighted by Crippen LogP contribution is -2.17. The second-order valence-electron chi connectivity index (χ2n) is 11.9. The topological polar surface area (TPSA) is 125 Å². The monoisotopic (exact) mass is 687 g/mol. The van der Waals surface area contributed by atoms with E-state index in [0.717, 1.165) is 30.1 Å². The van der Waals surface area contributed by atoms with Crippen LogP contribution in [-0.2, 0) is 20.4 Å². The fourth-order valence-electron chi connectivity index (χ4n) is 4.70. The number of hydrogen-bond acceptors (Lipinski definition) is 8. The summed E-state index contributed by atoms with van der Waals surface area (Å²) in [6.45, 7) is 2.41. The van der Waals surface area contributed by atoms with Gasteiger partial charge in [-0.3, -0.25) is 4.57 Å². The predicted octanol–water partition coefficient (Wildman–Crippen LogP) is 8.01. The number of fused-ring (bicyclic) bond motifs is 1. The smallest absolute Gasteiger partial charge is 0.382 e. The van der Waals surface area contributed by atoms with Gasteiger partial charge in [-0.15, -0.1) is 0 Å². The van der Waals surface area contributed by atoms with Crippen LogP contribution in [0.3, 0.4) is 0 Å². The van der Waals surface area contributed by atoms with E-state index in [4.69, 9.17) is 15.0 Å². The number of nitrogens with zero attached hydrogens (tertiary/aromatic N) is 4. The van der Waals surface area contributed by atoms with Crippen LogP contribution in [0.25, 0.3) is 11.2 Å². The molecule has 2 atom stereocenters. The van der Waals surface area contributed by atoms with E-state index in [1.165, 1.54) is 57.7 Å². The van der Waals surface area contributed by atoms with Crippen LogP contribution >= 0.6 is 29.4 Å². The molecule has 0 spiro atoms. The first-order chi connectivity index (χ1) is 20.8. The van der Waals surface area contributed by atoms with E-state index in [0.29, 0.717) is 35.7 Å². The Balaban J connectivity index is 1.37. The molecule has 44 heavy (non-hydrogen) atoms. The van der Waals surface area contributed by atoms with Crippen molar-refractivity contribution in [1.82, 2.24) is 19.5 Å². The normalized spacial score (nSPS) is 15.1. The van der Waals surface area contributed by atoms with Gasteiger partial charge in [-0.05, 0) is 61.7 Å². The van der Waals surface area contributed by atoms with Crippen LogP contribution in [0.15, 0.2) is 12.7 Å². The predicted molar refractivity (Wildman–Crippen MR) is 179 cm³/mol. The summed E-state index contributed by atoms with van der Waals surface area (Å²) < 4.78 is 62.2. The first kappa shape index (κ1) is 39.1. The van der Waals surface area contributed by atoms with Gasteiger partial charge in [0.25, 0.3) is 0 Å². The largest absolute Gasteiger partial charge is 0.389 e. The highest BCUT2D eigenvalue weighted by molar-refractivity contribution is 8.32. The molecule has 0 aliphatic rings. The van der Waals surface area contributed by atoms with Crippen molar-refractivity contribution < 1.29 is 31.9 Å². The minimum Gasteiger partial charge on any atom is -0.382 e. The molecule has 2 rings (SSSR count). The number of halogens is 3. The third-order valence-electron chi connectivity index (χ3n) is 7.31. The number of alkyl halides is 3. The lowest BCUT2D eigenvalue weighted by molar-refractivity contribution is -0.129. The van der Waals surface area contributed by atoms with Gasteiger partial charge >= 0.3 is 13.8 Å². The van der Waals surface area contributed by atoms with Crippen molar-refractivity contribution in [2.45, 2.75) is 103 Å². The van der Waals surface area contributed by atoms with E-state index >= 15 is 0 Å². The van der Waals surface area contributed by atoms with Gasteiger partial charge in [0, 0.05) is 0 Å². The molecule has 0 saturated heterocycles. The first-order valence-corrected chi connectivity index (χ1v) is 21.3. The Bertz CT molecular complexity index is 1130. The second-order valence-corrected chi connectivity index (χ2v) is 19.3. The van der Waals surface area contributed by atoms with Gasteiger partial charge in [-0.1, -0.05) is 51.4 Å². The summed E-state index contributed by atoms with van der Waals surface area (Å²) in [5.74, 6) is 3.52. The maximum absolute atomic E-state index is 12.4. The Hall–Kier alpha value is -1.05. The molecular formula is C29H53F3N5O4PS2. The van der Waals surface area contributed by atoms with Crippen molar-refractivity contribution in [1.29, 1.82) is 0 Å². The molecule has 0 fully saturated rings. The minimum absolute atomic E-state index is 0.220. The van der Waals surface area contributed by atoms with Crippen LogP contribution in [0.1, 0.15) is 84.0 Å². The number of unbranched alkanes of at least 4 members (excludes halogenated alkanes) is 9. The van der Waals surface area contributed by atoms with E-state index in [9.17, 15) is 22.6 Å². The summed E-state index contributed by atoms with van der Waals surface area (Å²) in [5.41, 5.74) is 6.90. The molecule has 0 aliphatic heterocycles. The molecule has 0 bridgehead atoms. The van der Waals surface area contributed by atoms with Gasteiger partial charge < -0.3 is 24.5 Å². The minimum atomic E-state index is -4.03. The summed E-state index contributed by atoms with van der Waals surface area (Å²) in [5, 5.41) is 0. The van der Waals surface area contributed by atoms with Crippen molar-refractivity contribution in [2.75, 3.05) is 54.2 Å². The molecular weight excluding hydrogens is 634 g/mol. The molecule has 2 heterocycles. The number of ether oxygens (including phenoxy) is 1. The van der Waals surface area contributed by atoms with Crippen molar-refractivity contribution in [3.8, 4) is 0 Å². The Morgan fingerprint density at radius 1 is 0.977 bits per heavy atom. The number of thioether (sulfide) groups is 1. The number of aromatic nitrogens is 4. The third kappa shape index (κ3) is 17.6. The molecule has 0 aliphatic carbocycles. The molecule has 0 amide bonds.